The largest absolute Gasteiger partial charge is 0.467 e. The van der Waals surface area contributed by atoms with E-state index in [1.807, 2.05) is 54.6 Å². The van der Waals surface area contributed by atoms with Crippen molar-refractivity contribution in [1.82, 2.24) is 5.32 Å². The Hall–Kier alpha value is -2.56. The average Bonchev–Trinajstić information content (AvgIpc) is 3.36. The van der Waals surface area contributed by atoms with Crippen molar-refractivity contribution in [2.45, 2.75) is 38.0 Å². The number of amides is 1. The van der Waals surface area contributed by atoms with E-state index in [-0.39, 0.29) is 5.91 Å². The van der Waals surface area contributed by atoms with Crippen LogP contribution < -0.4 is 5.32 Å². The van der Waals surface area contributed by atoms with Crippen molar-refractivity contribution in [3.05, 3.63) is 94.4 Å². The molecule has 1 amide bonds. The van der Waals surface area contributed by atoms with Crippen molar-refractivity contribution < 1.29 is 13.9 Å². The molecule has 1 N–H and O–H groups in total. The standard InChI is InChI=1S/C23H22ClNO3/c24-20-8-6-19(7-9-20)23(10-11-23)22(26)25-14-17-3-1-4-18(13-17)15-27-16-21-5-2-12-28-21/h1-9,12-13H,10-11,14-16H2,(H,25,26). The third-order valence-electron chi connectivity index (χ3n) is 5.12. The third-order valence-corrected chi connectivity index (χ3v) is 5.37. The Morgan fingerprint density at radius 3 is 2.54 bits per heavy atom. The molecule has 2 aromatic carbocycles. The van der Waals surface area contributed by atoms with Crippen LogP contribution in [0.25, 0.3) is 0 Å². The number of rotatable bonds is 8. The molecule has 0 spiro atoms. The summed E-state index contributed by atoms with van der Waals surface area (Å²) in [7, 11) is 0. The summed E-state index contributed by atoms with van der Waals surface area (Å²) in [5.74, 6) is 0.884. The number of halogens is 1. The molecule has 0 unspecified atom stereocenters. The van der Waals surface area contributed by atoms with Crippen LogP contribution in [-0.2, 0) is 34.7 Å². The molecule has 28 heavy (non-hydrogen) atoms. The highest BCUT2D eigenvalue weighted by molar-refractivity contribution is 6.30. The molecule has 1 aliphatic rings. The zero-order valence-corrected chi connectivity index (χ0v) is 16.2. The van der Waals surface area contributed by atoms with Crippen molar-refractivity contribution in [2.24, 2.45) is 0 Å². The molecule has 3 aromatic rings. The van der Waals surface area contributed by atoms with Gasteiger partial charge in [0.15, 0.2) is 0 Å². The summed E-state index contributed by atoms with van der Waals surface area (Å²) in [6.07, 6.45) is 3.39. The molecule has 144 valence electrons. The molecule has 1 aliphatic carbocycles. The summed E-state index contributed by atoms with van der Waals surface area (Å²) in [6.45, 7) is 1.44. The second kappa shape index (κ2) is 8.21. The number of hydrogen-bond acceptors (Lipinski definition) is 3. The number of benzene rings is 2. The van der Waals surface area contributed by atoms with E-state index >= 15 is 0 Å². The van der Waals surface area contributed by atoms with Gasteiger partial charge in [-0.2, -0.15) is 0 Å². The fourth-order valence-electron chi connectivity index (χ4n) is 3.39. The van der Waals surface area contributed by atoms with E-state index in [9.17, 15) is 4.79 Å². The van der Waals surface area contributed by atoms with E-state index in [2.05, 4.69) is 11.4 Å². The van der Waals surface area contributed by atoms with E-state index in [4.69, 9.17) is 20.8 Å². The highest BCUT2D eigenvalue weighted by atomic mass is 35.5. The van der Waals surface area contributed by atoms with Crippen molar-refractivity contribution in [3.63, 3.8) is 0 Å². The molecular weight excluding hydrogens is 374 g/mol. The SMILES string of the molecule is O=C(NCc1cccc(COCc2ccco2)c1)C1(c2ccc(Cl)cc2)CC1. The topological polar surface area (TPSA) is 51.5 Å². The van der Waals surface area contributed by atoms with E-state index in [1.165, 1.54) is 0 Å². The van der Waals surface area contributed by atoms with Gasteiger partial charge in [0, 0.05) is 11.6 Å². The van der Waals surface area contributed by atoms with E-state index in [0.29, 0.717) is 24.8 Å². The Labute approximate surface area is 169 Å². The van der Waals surface area contributed by atoms with Gasteiger partial charge in [0.25, 0.3) is 0 Å². The van der Waals surface area contributed by atoms with Gasteiger partial charge in [0.2, 0.25) is 5.91 Å². The Kier molecular flexibility index (Phi) is 5.51. The molecule has 0 saturated heterocycles. The van der Waals surface area contributed by atoms with Gasteiger partial charge in [-0.3, -0.25) is 4.79 Å². The first-order chi connectivity index (χ1) is 13.7. The van der Waals surface area contributed by atoms with Crippen molar-refractivity contribution in [3.8, 4) is 0 Å². The molecule has 0 radical (unpaired) electrons. The lowest BCUT2D eigenvalue weighted by atomic mass is 9.95. The lowest BCUT2D eigenvalue weighted by molar-refractivity contribution is -0.123. The van der Waals surface area contributed by atoms with Crippen LogP contribution in [-0.4, -0.2) is 5.91 Å². The quantitative estimate of drug-likeness (QED) is 0.584. The minimum absolute atomic E-state index is 0.0781. The molecule has 0 bridgehead atoms. The van der Waals surface area contributed by atoms with Crippen molar-refractivity contribution >= 4 is 17.5 Å². The number of furan rings is 1. The highest BCUT2D eigenvalue weighted by Crippen LogP contribution is 2.48. The van der Waals surface area contributed by atoms with Gasteiger partial charge >= 0.3 is 0 Å². The molecule has 5 heteroatoms. The summed E-state index contributed by atoms with van der Waals surface area (Å²) in [6, 6.07) is 19.4. The monoisotopic (exact) mass is 395 g/mol. The maximum Gasteiger partial charge on any atom is 0.230 e. The van der Waals surface area contributed by atoms with Crippen LogP contribution in [0, 0.1) is 0 Å². The van der Waals surface area contributed by atoms with Gasteiger partial charge in [-0.15, -0.1) is 0 Å². The van der Waals surface area contributed by atoms with Crippen LogP contribution in [0.15, 0.2) is 71.3 Å². The molecule has 1 fully saturated rings. The van der Waals surface area contributed by atoms with E-state index < -0.39 is 5.41 Å². The second-order valence-corrected chi connectivity index (χ2v) is 7.60. The predicted octanol–water partition coefficient (Wildman–Crippen LogP) is 5.00. The Balaban J connectivity index is 1.32. The summed E-state index contributed by atoms with van der Waals surface area (Å²) in [5.41, 5.74) is 2.76. The highest BCUT2D eigenvalue weighted by Gasteiger charge is 2.50. The van der Waals surface area contributed by atoms with Gasteiger partial charge in [-0.25, -0.2) is 0 Å². The molecule has 4 rings (SSSR count). The van der Waals surface area contributed by atoms with Crippen molar-refractivity contribution in [1.29, 1.82) is 0 Å². The summed E-state index contributed by atoms with van der Waals surface area (Å²) in [4.78, 5) is 12.8. The van der Waals surface area contributed by atoms with E-state index in [1.54, 1.807) is 6.26 Å². The lowest BCUT2D eigenvalue weighted by Gasteiger charge is -2.16. The Morgan fingerprint density at radius 1 is 1.04 bits per heavy atom. The van der Waals surface area contributed by atoms with Crippen LogP contribution in [0.2, 0.25) is 5.02 Å². The fraction of sp³-hybridized carbons (Fsp3) is 0.261. The first kappa shape index (κ1) is 18.8. The predicted molar refractivity (Wildman–Crippen MR) is 108 cm³/mol. The number of ether oxygens (including phenoxy) is 1. The number of hydrogen-bond donors (Lipinski definition) is 1. The van der Waals surface area contributed by atoms with Crippen LogP contribution in [0.1, 0.15) is 35.3 Å². The molecule has 0 atom stereocenters. The number of carbonyl (C=O) groups is 1. The maximum atomic E-state index is 12.8. The van der Waals surface area contributed by atoms with Gasteiger partial charge in [0.1, 0.15) is 12.4 Å². The average molecular weight is 396 g/mol. The third kappa shape index (κ3) is 4.29. The molecular formula is C23H22ClNO3. The summed E-state index contributed by atoms with van der Waals surface area (Å²) < 4.78 is 10.9. The summed E-state index contributed by atoms with van der Waals surface area (Å²) in [5, 5.41) is 3.78. The molecule has 1 heterocycles. The molecule has 1 aromatic heterocycles. The van der Waals surface area contributed by atoms with E-state index in [0.717, 1.165) is 35.3 Å². The zero-order chi connectivity index (χ0) is 19.4. The molecule has 0 aliphatic heterocycles. The van der Waals surface area contributed by atoms with Crippen molar-refractivity contribution in [2.75, 3.05) is 0 Å². The Morgan fingerprint density at radius 2 is 1.82 bits per heavy atom. The van der Waals surface area contributed by atoms with Gasteiger partial charge in [-0.05, 0) is 53.8 Å². The summed E-state index contributed by atoms with van der Waals surface area (Å²) >= 11 is 5.97. The minimum Gasteiger partial charge on any atom is -0.467 e. The van der Waals surface area contributed by atoms with Crippen LogP contribution in [0.5, 0.6) is 0 Å². The van der Waals surface area contributed by atoms with Gasteiger partial charge in [0.05, 0.1) is 18.3 Å². The lowest BCUT2D eigenvalue weighted by Crippen LogP contribution is -2.34. The number of nitrogens with one attached hydrogen (secondary N) is 1. The Bertz CT molecular complexity index is 931. The minimum atomic E-state index is -0.394. The zero-order valence-electron chi connectivity index (χ0n) is 15.5. The van der Waals surface area contributed by atoms with Gasteiger partial charge in [-0.1, -0.05) is 48.0 Å². The molecule has 4 nitrogen and oxygen atoms in total. The fourth-order valence-corrected chi connectivity index (χ4v) is 3.51. The second-order valence-electron chi connectivity index (χ2n) is 7.16. The first-order valence-electron chi connectivity index (χ1n) is 9.38. The smallest absolute Gasteiger partial charge is 0.230 e. The van der Waals surface area contributed by atoms with Crippen LogP contribution in [0.4, 0.5) is 0 Å². The normalized spacial score (nSPS) is 14.6. The first-order valence-corrected chi connectivity index (χ1v) is 9.76. The molecule has 1 saturated carbocycles. The van der Waals surface area contributed by atoms with Crippen LogP contribution in [0.3, 0.4) is 0 Å². The maximum absolute atomic E-state index is 12.8. The number of carbonyl (C=O) groups excluding carboxylic acids is 1. The van der Waals surface area contributed by atoms with Gasteiger partial charge < -0.3 is 14.5 Å². The van der Waals surface area contributed by atoms with Crippen LogP contribution >= 0.6 is 11.6 Å².